The smallest absolute Gasteiger partial charge is 0.790 e. The summed E-state index contributed by atoms with van der Waals surface area (Å²) in [5.41, 5.74) is 0. The van der Waals surface area contributed by atoms with Gasteiger partial charge in [0.25, 0.3) is 0 Å². The van der Waals surface area contributed by atoms with Crippen LogP contribution in [0.2, 0.25) is 0 Å². The molecule has 0 aromatic rings. The minimum absolute atomic E-state index is 0. The predicted molar refractivity (Wildman–Crippen MR) is 115 cm³/mol. The SMILES string of the molecule is CC#CC#CC#CC(=O)OC[C@@H](COP(=O)([O-])[O-])OC(=O)CCCCCCCCCCC.[Na+].[Na+]. The Kier molecular flexibility index (Phi) is 29.0. The van der Waals surface area contributed by atoms with Crippen molar-refractivity contribution in [3.05, 3.63) is 0 Å². The normalized spacial score (nSPS) is 10.4. The Morgan fingerprint density at radius 1 is 0.853 bits per heavy atom. The van der Waals surface area contributed by atoms with Crippen molar-refractivity contribution < 1.29 is 97.1 Å². The molecule has 1 atom stereocenters. The first-order valence-electron chi connectivity index (χ1n) is 10.7. The van der Waals surface area contributed by atoms with Crippen LogP contribution in [0.15, 0.2) is 0 Å². The molecule has 0 aromatic heterocycles. The number of carbonyl (C=O) groups excluding carboxylic acids is 2. The maximum atomic E-state index is 12.0. The summed E-state index contributed by atoms with van der Waals surface area (Å²) in [6.45, 7) is 2.51. The Balaban J connectivity index is -0.00000480. The van der Waals surface area contributed by atoms with E-state index in [9.17, 15) is 23.9 Å². The molecule has 0 bridgehead atoms. The molecule has 0 spiro atoms. The van der Waals surface area contributed by atoms with E-state index in [2.05, 4.69) is 47.0 Å². The van der Waals surface area contributed by atoms with E-state index < -0.39 is 39.1 Å². The fourth-order valence-corrected chi connectivity index (χ4v) is 2.88. The van der Waals surface area contributed by atoms with E-state index in [0.29, 0.717) is 6.42 Å². The van der Waals surface area contributed by atoms with E-state index in [0.717, 1.165) is 19.3 Å². The molecular formula is C23H31Na2O8P. The number of phosphoric ester groups is 1. The van der Waals surface area contributed by atoms with Crippen LogP contribution >= 0.6 is 7.82 Å². The largest absolute Gasteiger partial charge is 1.00 e. The van der Waals surface area contributed by atoms with Crippen LogP contribution in [-0.2, 0) is 28.2 Å². The Labute approximate surface area is 247 Å². The van der Waals surface area contributed by atoms with Gasteiger partial charge in [-0.2, -0.15) is 0 Å². The van der Waals surface area contributed by atoms with Gasteiger partial charge in [0.05, 0.1) is 14.4 Å². The third-order valence-corrected chi connectivity index (χ3v) is 4.54. The second kappa shape index (κ2) is 25.8. The molecule has 0 saturated carbocycles. The van der Waals surface area contributed by atoms with Gasteiger partial charge >= 0.3 is 71.1 Å². The minimum Gasteiger partial charge on any atom is -0.790 e. The molecule has 0 aliphatic heterocycles. The summed E-state index contributed by atoms with van der Waals surface area (Å²) >= 11 is 0. The fourth-order valence-electron chi connectivity index (χ4n) is 2.53. The quantitative estimate of drug-likeness (QED) is 0.0516. The van der Waals surface area contributed by atoms with Crippen LogP contribution in [0.25, 0.3) is 0 Å². The number of hydrogen-bond acceptors (Lipinski definition) is 8. The molecule has 0 saturated heterocycles. The van der Waals surface area contributed by atoms with Crippen LogP contribution in [0.1, 0.15) is 78.1 Å². The van der Waals surface area contributed by atoms with Crippen molar-refractivity contribution in [3.63, 3.8) is 0 Å². The first-order valence-corrected chi connectivity index (χ1v) is 12.2. The number of esters is 2. The van der Waals surface area contributed by atoms with Crippen LogP contribution in [0.3, 0.4) is 0 Å². The number of hydrogen-bond donors (Lipinski definition) is 0. The molecule has 0 fully saturated rings. The zero-order valence-corrected chi connectivity index (χ0v) is 25.7. The number of phosphoric acid groups is 1. The summed E-state index contributed by atoms with van der Waals surface area (Å²) in [5, 5.41) is 0. The molecule has 8 nitrogen and oxygen atoms in total. The molecule has 0 unspecified atom stereocenters. The van der Waals surface area contributed by atoms with Gasteiger partial charge in [-0.25, -0.2) is 4.79 Å². The van der Waals surface area contributed by atoms with Crippen LogP contribution in [0.5, 0.6) is 0 Å². The number of rotatable bonds is 16. The molecule has 0 amide bonds. The van der Waals surface area contributed by atoms with E-state index in [-0.39, 0.29) is 65.5 Å². The van der Waals surface area contributed by atoms with Gasteiger partial charge in [0.1, 0.15) is 6.61 Å². The Hall–Kier alpha value is -0.270. The van der Waals surface area contributed by atoms with Gasteiger partial charge in [0, 0.05) is 12.3 Å². The molecule has 0 rings (SSSR count). The summed E-state index contributed by atoms with van der Waals surface area (Å²) < 4.78 is 24.7. The van der Waals surface area contributed by atoms with E-state index in [4.69, 9.17) is 9.47 Å². The zero-order chi connectivity index (χ0) is 24.1. The van der Waals surface area contributed by atoms with Gasteiger partial charge in [-0.05, 0) is 37.0 Å². The van der Waals surface area contributed by atoms with Crippen LogP contribution in [0, 0.1) is 35.5 Å². The van der Waals surface area contributed by atoms with Gasteiger partial charge in [0.15, 0.2) is 6.10 Å². The maximum absolute atomic E-state index is 12.0. The second-order valence-corrected chi connectivity index (χ2v) is 8.06. The summed E-state index contributed by atoms with van der Waals surface area (Å²) in [5.74, 6) is 12.4. The topological polar surface area (TPSA) is 125 Å². The number of unbranched alkanes of at least 4 members (excludes halogenated alkanes) is 8. The molecule has 0 radical (unpaired) electrons. The summed E-state index contributed by atoms with van der Waals surface area (Å²) in [4.78, 5) is 45.0. The zero-order valence-electron chi connectivity index (χ0n) is 20.8. The molecule has 0 aromatic carbocycles. The van der Waals surface area contributed by atoms with E-state index in [1.807, 2.05) is 0 Å². The minimum atomic E-state index is -5.27. The van der Waals surface area contributed by atoms with Gasteiger partial charge in [-0.3, -0.25) is 4.79 Å². The molecule has 11 heteroatoms. The molecule has 0 aliphatic carbocycles. The molecule has 0 aliphatic rings. The first kappa shape index (κ1) is 38.3. The molecule has 0 heterocycles. The third-order valence-electron chi connectivity index (χ3n) is 4.08. The average molecular weight is 512 g/mol. The number of carbonyl (C=O) groups is 2. The average Bonchev–Trinajstić information content (AvgIpc) is 2.73. The van der Waals surface area contributed by atoms with Gasteiger partial charge in [0.2, 0.25) is 0 Å². The Morgan fingerprint density at radius 2 is 1.41 bits per heavy atom. The summed E-state index contributed by atoms with van der Waals surface area (Å²) in [6, 6.07) is 0. The summed E-state index contributed by atoms with van der Waals surface area (Å²) in [6.07, 6.45) is 8.63. The fraction of sp³-hybridized carbons (Fsp3) is 0.652. The maximum Gasteiger partial charge on any atom is 1.00 e. The molecule has 178 valence electrons. The van der Waals surface area contributed by atoms with Gasteiger partial charge in [-0.1, -0.05) is 64.2 Å². The predicted octanol–water partition coefficient (Wildman–Crippen LogP) is -3.75. The Morgan fingerprint density at radius 3 is 1.97 bits per heavy atom. The van der Waals surface area contributed by atoms with E-state index in [1.54, 1.807) is 6.92 Å². The van der Waals surface area contributed by atoms with Crippen molar-refractivity contribution in [3.8, 4) is 35.5 Å². The van der Waals surface area contributed by atoms with Crippen LogP contribution < -0.4 is 68.9 Å². The van der Waals surface area contributed by atoms with E-state index in [1.165, 1.54) is 32.1 Å². The van der Waals surface area contributed by atoms with Gasteiger partial charge < -0.3 is 28.3 Å². The summed E-state index contributed by atoms with van der Waals surface area (Å²) in [7, 11) is -5.27. The standard InChI is InChI=1S/C23H33O8P.2Na/c1-3-5-7-9-10-11-12-14-16-18-23(25)31-21(20-30-32(26,27)28)19-29-22(24)17-15-13-8-6-4-2;;/h21H,3,5,7,9-12,14,16,18-20H2,1-2H3,(H2,26,27,28);;/q;2*+1/p-2/t21-;;/m0../s1. The van der Waals surface area contributed by atoms with Crippen molar-refractivity contribution in [2.45, 2.75) is 84.2 Å². The van der Waals surface area contributed by atoms with Crippen molar-refractivity contribution in [1.29, 1.82) is 0 Å². The second-order valence-electron chi connectivity index (χ2n) is 6.91. The molecule has 34 heavy (non-hydrogen) atoms. The number of ether oxygens (including phenoxy) is 2. The van der Waals surface area contributed by atoms with Crippen LogP contribution in [0.4, 0.5) is 0 Å². The van der Waals surface area contributed by atoms with Crippen molar-refractivity contribution >= 4 is 19.8 Å². The third kappa shape index (κ3) is 28.0. The van der Waals surface area contributed by atoms with Crippen molar-refractivity contribution in [1.82, 2.24) is 0 Å². The van der Waals surface area contributed by atoms with Crippen molar-refractivity contribution in [2.75, 3.05) is 13.2 Å². The van der Waals surface area contributed by atoms with Gasteiger partial charge in [-0.15, -0.1) is 0 Å². The monoisotopic (exact) mass is 512 g/mol. The molecule has 0 N–H and O–H groups in total. The first-order chi connectivity index (χ1) is 15.3. The van der Waals surface area contributed by atoms with Crippen LogP contribution in [-0.4, -0.2) is 31.3 Å². The van der Waals surface area contributed by atoms with E-state index >= 15 is 0 Å². The molecular weight excluding hydrogens is 481 g/mol. The Bertz CT molecular complexity index is 793. The van der Waals surface area contributed by atoms with Crippen molar-refractivity contribution in [2.24, 2.45) is 0 Å².